The highest BCUT2D eigenvalue weighted by molar-refractivity contribution is 6.02. The average Bonchev–Trinajstić information content (AvgIpc) is 2.63. The standard InChI is InChI=1S/C21H21FN2O2/c1-24(13-14-26-18-11-9-17(22)10-12-18)15-21(25)23-20-8-4-6-16-5-2-3-7-19(16)20/h2-12H,13-15H2,1H3,(H,23,25). The molecule has 3 rings (SSSR count). The minimum absolute atomic E-state index is 0.0781. The van der Waals surface area contributed by atoms with Crippen LogP contribution in [0.5, 0.6) is 5.75 Å². The van der Waals surface area contributed by atoms with Crippen LogP contribution in [0.2, 0.25) is 0 Å². The zero-order chi connectivity index (χ0) is 18.4. The highest BCUT2D eigenvalue weighted by Gasteiger charge is 2.09. The van der Waals surface area contributed by atoms with Crippen molar-refractivity contribution < 1.29 is 13.9 Å². The largest absolute Gasteiger partial charge is 0.492 e. The van der Waals surface area contributed by atoms with Crippen LogP contribution in [0.4, 0.5) is 10.1 Å². The van der Waals surface area contributed by atoms with Gasteiger partial charge < -0.3 is 10.1 Å². The molecule has 1 amide bonds. The molecule has 3 aromatic carbocycles. The van der Waals surface area contributed by atoms with Gasteiger partial charge in [-0.05, 0) is 42.8 Å². The monoisotopic (exact) mass is 352 g/mol. The number of carbonyl (C=O) groups excluding carboxylic acids is 1. The number of fused-ring (bicyclic) bond motifs is 1. The lowest BCUT2D eigenvalue weighted by molar-refractivity contribution is -0.117. The number of carbonyl (C=O) groups is 1. The molecule has 0 bridgehead atoms. The number of anilines is 1. The molecule has 0 aliphatic carbocycles. The maximum atomic E-state index is 12.8. The van der Waals surface area contributed by atoms with Crippen LogP contribution in [0.1, 0.15) is 0 Å². The Labute approximate surface area is 152 Å². The van der Waals surface area contributed by atoms with Gasteiger partial charge in [0.15, 0.2) is 0 Å². The van der Waals surface area contributed by atoms with Crippen LogP contribution in [-0.4, -0.2) is 37.6 Å². The minimum Gasteiger partial charge on any atom is -0.492 e. The Hall–Kier alpha value is -2.92. The quantitative estimate of drug-likeness (QED) is 0.701. The van der Waals surface area contributed by atoms with Crippen LogP contribution in [0.3, 0.4) is 0 Å². The summed E-state index contributed by atoms with van der Waals surface area (Å²) in [5.41, 5.74) is 0.809. The molecule has 3 aromatic rings. The summed E-state index contributed by atoms with van der Waals surface area (Å²) in [5, 5.41) is 5.08. The minimum atomic E-state index is -0.292. The second-order valence-corrected chi connectivity index (χ2v) is 6.12. The third-order valence-electron chi connectivity index (χ3n) is 4.03. The van der Waals surface area contributed by atoms with E-state index in [1.54, 1.807) is 12.1 Å². The number of ether oxygens (including phenoxy) is 1. The Morgan fingerprint density at radius 3 is 2.58 bits per heavy atom. The Morgan fingerprint density at radius 2 is 1.77 bits per heavy atom. The summed E-state index contributed by atoms with van der Waals surface area (Å²) >= 11 is 0. The van der Waals surface area contributed by atoms with E-state index >= 15 is 0 Å². The van der Waals surface area contributed by atoms with E-state index in [9.17, 15) is 9.18 Å². The molecular weight excluding hydrogens is 331 g/mol. The lowest BCUT2D eigenvalue weighted by Gasteiger charge is -2.17. The molecule has 0 radical (unpaired) electrons. The summed E-state index contributed by atoms with van der Waals surface area (Å²) in [6, 6.07) is 19.7. The topological polar surface area (TPSA) is 41.6 Å². The van der Waals surface area contributed by atoms with Crippen molar-refractivity contribution >= 4 is 22.4 Å². The van der Waals surface area contributed by atoms with Crippen LogP contribution in [0.15, 0.2) is 66.7 Å². The SMILES string of the molecule is CN(CCOc1ccc(F)cc1)CC(=O)Nc1cccc2ccccc12. The van der Waals surface area contributed by atoms with Crippen LogP contribution >= 0.6 is 0 Å². The number of benzene rings is 3. The third-order valence-corrected chi connectivity index (χ3v) is 4.03. The lowest BCUT2D eigenvalue weighted by Crippen LogP contribution is -2.33. The molecule has 26 heavy (non-hydrogen) atoms. The molecule has 5 heteroatoms. The summed E-state index contributed by atoms with van der Waals surface area (Å²) in [5.74, 6) is 0.241. The molecule has 0 fully saturated rings. The molecule has 0 aliphatic heterocycles. The molecule has 0 unspecified atom stereocenters. The van der Waals surface area contributed by atoms with E-state index in [2.05, 4.69) is 5.32 Å². The van der Waals surface area contributed by atoms with Crippen molar-refractivity contribution in [2.45, 2.75) is 0 Å². The zero-order valence-corrected chi connectivity index (χ0v) is 14.6. The van der Waals surface area contributed by atoms with E-state index in [1.165, 1.54) is 12.1 Å². The van der Waals surface area contributed by atoms with Crippen molar-refractivity contribution in [2.75, 3.05) is 32.1 Å². The van der Waals surface area contributed by atoms with E-state index in [4.69, 9.17) is 4.74 Å². The molecule has 0 aromatic heterocycles. The van der Waals surface area contributed by atoms with E-state index in [0.717, 1.165) is 16.5 Å². The second kappa shape index (κ2) is 8.45. The van der Waals surface area contributed by atoms with Crippen molar-refractivity contribution in [3.05, 3.63) is 72.5 Å². The number of nitrogens with zero attached hydrogens (tertiary/aromatic N) is 1. The Balaban J connectivity index is 1.48. The Morgan fingerprint density at radius 1 is 1.04 bits per heavy atom. The van der Waals surface area contributed by atoms with Crippen LogP contribution in [0.25, 0.3) is 10.8 Å². The predicted octanol–water partition coefficient (Wildman–Crippen LogP) is 3.93. The van der Waals surface area contributed by atoms with Gasteiger partial charge in [0.25, 0.3) is 0 Å². The second-order valence-electron chi connectivity index (χ2n) is 6.12. The first kappa shape index (κ1) is 17.9. The van der Waals surface area contributed by atoms with Crippen LogP contribution in [-0.2, 0) is 4.79 Å². The fraction of sp³-hybridized carbons (Fsp3) is 0.190. The summed E-state index contributed by atoms with van der Waals surface area (Å²) in [4.78, 5) is 14.2. The van der Waals surface area contributed by atoms with E-state index in [0.29, 0.717) is 18.9 Å². The molecule has 0 spiro atoms. The van der Waals surface area contributed by atoms with Gasteiger partial charge in [0.05, 0.1) is 6.54 Å². The third kappa shape index (κ3) is 4.80. The predicted molar refractivity (Wildman–Crippen MR) is 102 cm³/mol. The van der Waals surface area contributed by atoms with Crippen LogP contribution in [0, 0.1) is 5.82 Å². The number of likely N-dealkylation sites (N-methyl/N-ethyl adjacent to an activating group) is 1. The summed E-state index contributed by atoms with van der Waals surface area (Å²) < 4.78 is 18.4. The van der Waals surface area contributed by atoms with Gasteiger partial charge in [0.2, 0.25) is 5.91 Å². The van der Waals surface area contributed by atoms with Gasteiger partial charge in [0.1, 0.15) is 18.2 Å². The van der Waals surface area contributed by atoms with Crippen molar-refractivity contribution in [3.8, 4) is 5.75 Å². The van der Waals surface area contributed by atoms with Gasteiger partial charge in [-0.1, -0.05) is 36.4 Å². The van der Waals surface area contributed by atoms with Crippen molar-refractivity contribution in [1.29, 1.82) is 0 Å². The smallest absolute Gasteiger partial charge is 0.238 e. The van der Waals surface area contributed by atoms with Gasteiger partial charge in [-0.15, -0.1) is 0 Å². The molecule has 0 atom stereocenters. The highest BCUT2D eigenvalue weighted by Crippen LogP contribution is 2.22. The molecular formula is C21H21FN2O2. The average molecular weight is 352 g/mol. The van der Waals surface area contributed by atoms with E-state index in [1.807, 2.05) is 54.4 Å². The number of hydrogen-bond donors (Lipinski definition) is 1. The maximum Gasteiger partial charge on any atom is 0.238 e. The van der Waals surface area contributed by atoms with Gasteiger partial charge in [-0.25, -0.2) is 4.39 Å². The summed E-state index contributed by atoms with van der Waals surface area (Å²) in [7, 11) is 1.86. The van der Waals surface area contributed by atoms with Crippen LogP contribution < -0.4 is 10.1 Å². The van der Waals surface area contributed by atoms with Crippen molar-refractivity contribution in [2.24, 2.45) is 0 Å². The summed E-state index contributed by atoms with van der Waals surface area (Å²) in [6.07, 6.45) is 0. The Kier molecular flexibility index (Phi) is 5.81. The zero-order valence-electron chi connectivity index (χ0n) is 14.6. The molecule has 0 heterocycles. The first-order valence-electron chi connectivity index (χ1n) is 8.46. The number of halogens is 1. The normalized spacial score (nSPS) is 10.9. The summed E-state index contributed by atoms with van der Waals surface area (Å²) in [6.45, 7) is 1.26. The number of nitrogens with one attached hydrogen (secondary N) is 1. The van der Waals surface area contributed by atoms with Crippen molar-refractivity contribution in [1.82, 2.24) is 4.90 Å². The first-order valence-corrected chi connectivity index (χ1v) is 8.46. The molecule has 0 saturated carbocycles. The van der Waals surface area contributed by atoms with Gasteiger partial charge >= 0.3 is 0 Å². The molecule has 4 nitrogen and oxygen atoms in total. The van der Waals surface area contributed by atoms with Crippen molar-refractivity contribution in [3.63, 3.8) is 0 Å². The Bertz CT molecular complexity index is 875. The van der Waals surface area contributed by atoms with E-state index in [-0.39, 0.29) is 18.3 Å². The van der Waals surface area contributed by atoms with Gasteiger partial charge in [-0.2, -0.15) is 0 Å². The number of rotatable bonds is 7. The fourth-order valence-corrected chi connectivity index (χ4v) is 2.70. The number of hydrogen-bond acceptors (Lipinski definition) is 3. The fourth-order valence-electron chi connectivity index (χ4n) is 2.70. The highest BCUT2D eigenvalue weighted by atomic mass is 19.1. The van der Waals surface area contributed by atoms with Gasteiger partial charge in [0, 0.05) is 17.6 Å². The van der Waals surface area contributed by atoms with E-state index < -0.39 is 0 Å². The molecule has 0 saturated heterocycles. The first-order chi connectivity index (χ1) is 12.6. The van der Waals surface area contributed by atoms with Gasteiger partial charge in [-0.3, -0.25) is 9.69 Å². The molecule has 0 aliphatic rings. The molecule has 1 N–H and O–H groups in total. The maximum absolute atomic E-state index is 12.8. The lowest BCUT2D eigenvalue weighted by atomic mass is 10.1. The number of amides is 1. The molecule has 134 valence electrons.